The highest BCUT2D eigenvalue weighted by Gasteiger charge is 2.30. The molecule has 20 heavy (non-hydrogen) atoms. The van der Waals surface area contributed by atoms with E-state index in [1.54, 1.807) is 12.1 Å². The Morgan fingerprint density at radius 3 is 2.45 bits per heavy atom. The minimum atomic E-state index is -0.324. The van der Waals surface area contributed by atoms with Gasteiger partial charge in [-0.15, -0.1) is 0 Å². The molecule has 0 fully saturated rings. The highest BCUT2D eigenvalue weighted by atomic mass is 16.2. The normalized spacial score (nSPS) is 13.0. The molecule has 0 radical (unpaired) electrons. The summed E-state index contributed by atoms with van der Waals surface area (Å²) in [5.74, 6) is -0.644. The summed E-state index contributed by atoms with van der Waals surface area (Å²) in [5.41, 5.74) is 3.77. The van der Waals surface area contributed by atoms with E-state index < -0.39 is 0 Å². The topological polar surface area (TPSA) is 46.2 Å². The summed E-state index contributed by atoms with van der Waals surface area (Å²) in [6.07, 6.45) is 2.32. The second-order valence-corrected chi connectivity index (χ2v) is 4.71. The van der Waals surface area contributed by atoms with E-state index in [1.807, 2.05) is 36.4 Å². The molecule has 0 saturated heterocycles. The summed E-state index contributed by atoms with van der Waals surface area (Å²) in [7, 11) is 0. The number of imide groups is 1. The molecule has 3 rings (SSSR count). The fourth-order valence-electron chi connectivity index (χ4n) is 2.53. The molecule has 1 N–H and O–H groups in total. The number of benzene rings is 2. The smallest absolute Gasteiger partial charge is 0.259 e. The first kappa shape index (κ1) is 12.4. The first-order valence-electron chi connectivity index (χ1n) is 6.38. The number of carbonyl (C=O) groups excluding carboxylic acids is 2. The number of fused-ring (bicyclic) bond motifs is 1. The molecule has 1 heterocycles. The van der Waals surface area contributed by atoms with Crippen LogP contribution in [0.25, 0.3) is 6.08 Å². The lowest BCUT2D eigenvalue weighted by molar-refractivity contribution is 0.0879. The van der Waals surface area contributed by atoms with Crippen LogP contribution in [0, 0.1) is 0 Å². The zero-order valence-corrected chi connectivity index (χ0v) is 10.8. The van der Waals surface area contributed by atoms with Crippen molar-refractivity contribution in [1.29, 1.82) is 0 Å². The Kier molecular flexibility index (Phi) is 2.95. The van der Waals surface area contributed by atoms with Gasteiger partial charge in [-0.2, -0.15) is 0 Å². The lowest BCUT2D eigenvalue weighted by atomic mass is 9.92. The highest BCUT2D eigenvalue weighted by molar-refractivity contribution is 6.22. The molecule has 98 valence electrons. The Hall–Kier alpha value is -2.68. The van der Waals surface area contributed by atoms with Gasteiger partial charge in [-0.25, -0.2) is 0 Å². The minimum Gasteiger partial charge on any atom is -0.288 e. The van der Waals surface area contributed by atoms with Gasteiger partial charge in [0.15, 0.2) is 0 Å². The van der Waals surface area contributed by atoms with Crippen molar-refractivity contribution in [3.05, 3.63) is 76.9 Å². The average Bonchev–Trinajstić information content (AvgIpc) is 2.76. The van der Waals surface area contributed by atoms with E-state index in [-0.39, 0.29) is 11.8 Å². The predicted molar refractivity (Wildman–Crippen MR) is 77.6 cm³/mol. The lowest BCUT2D eigenvalue weighted by Gasteiger charge is -2.10. The summed E-state index contributed by atoms with van der Waals surface area (Å²) < 4.78 is 0. The van der Waals surface area contributed by atoms with Crippen LogP contribution in [0.4, 0.5) is 0 Å². The van der Waals surface area contributed by atoms with E-state index in [9.17, 15) is 9.59 Å². The van der Waals surface area contributed by atoms with Gasteiger partial charge in [-0.3, -0.25) is 14.9 Å². The lowest BCUT2D eigenvalue weighted by Crippen LogP contribution is -2.20. The standard InChI is InChI=1S/C17H13NO2/c1-2-12-8-9-13-15(17(20)18-16(13)19)14(12)10-11-6-4-3-5-7-11/h2-9H,1,10H2,(H,18,19,20). The summed E-state index contributed by atoms with van der Waals surface area (Å²) in [6, 6.07) is 13.4. The molecule has 3 nitrogen and oxygen atoms in total. The van der Waals surface area contributed by atoms with E-state index >= 15 is 0 Å². The van der Waals surface area contributed by atoms with Crippen LogP contribution < -0.4 is 5.32 Å². The van der Waals surface area contributed by atoms with Gasteiger partial charge in [-0.05, 0) is 29.2 Å². The molecule has 2 aromatic rings. The third-order valence-corrected chi connectivity index (χ3v) is 3.49. The molecule has 0 bridgehead atoms. The number of carbonyl (C=O) groups is 2. The molecule has 0 aromatic heterocycles. The largest absolute Gasteiger partial charge is 0.288 e. The van der Waals surface area contributed by atoms with Gasteiger partial charge >= 0.3 is 0 Å². The predicted octanol–water partition coefficient (Wildman–Crippen LogP) is 2.80. The van der Waals surface area contributed by atoms with Gasteiger partial charge in [0.2, 0.25) is 0 Å². The second kappa shape index (κ2) is 4.78. The van der Waals surface area contributed by atoms with Crippen molar-refractivity contribution in [2.45, 2.75) is 6.42 Å². The van der Waals surface area contributed by atoms with E-state index in [1.165, 1.54) is 0 Å². The van der Waals surface area contributed by atoms with Gasteiger partial charge < -0.3 is 0 Å². The number of hydrogen-bond acceptors (Lipinski definition) is 2. The minimum absolute atomic E-state index is 0.320. The third-order valence-electron chi connectivity index (χ3n) is 3.49. The summed E-state index contributed by atoms with van der Waals surface area (Å²) in [6.45, 7) is 3.79. The maximum Gasteiger partial charge on any atom is 0.259 e. The molecule has 0 spiro atoms. The van der Waals surface area contributed by atoms with Crippen LogP contribution >= 0.6 is 0 Å². The Balaban J connectivity index is 2.16. The molecule has 2 aromatic carbocycles. The van der Waals surface area contributed by atoms with Crippen LogP contribution in [-0.4, -0.2) is 11.8 Å². The van der Waals surface area contributed by atoms with Gasteiger partial charge in [0, 0.05) is 0 Å². The fourth-order valence-corrected chi connectivity index (χ4v) is 2.53. The van der Waals surface area contributed by atoms with Crippen LogP contribution in [0.2, 0.25) is 0 Å². The van der Waals surface area contributed by atoms with Gasteiger partial charge in [-0.1, -0.05) is 49.1 Å². The quantitative estimate of drug-likeness (QED) is 0.865. The van der Waals surface area contributed by atoms with Crippen LogP contribution in [0.5, 0.6) is 0 Å². The van der Waals surface area contributed by atoms with Crippen molar-refractivity contribution >= 4 is 17.9 Å². The van der Waals surface area contributed by atoms with Crippen molar-refractivity contribution in [1.82, 2.24) is 5.32 Å². The van der Waals surface area contributed by atoms with Crippen molar-refractivity contribution in [3.8, 4) is 0 Å². The van der Waals surface area contributed by atoms with Crippen LogP contribution in [0.1, 0.15) is 37.4 Å². The van der Waals surface area contributed by atoms with Crippen molar-refractivity contribution in [3.63, 3.8) is 0 Å². The molecular formula is C17H13NO2. The van der Waals surface area contributed by atoms with Gasteiger partial charge in [0.25, 0.3) is 11.8 Å². The first-order chi connectivity index (χ1) is 9.70. The Bertz CT molecular complexity index is 717. The molecule has 0 aliphatic carbocycles. The van der Waals surface area contributed by atoms with Crippen LogP contribution in [-0.2, 0) is 6.42 Å². The van der Waals surface area contributed by atoms with Crippen molar-refractivity contribution in [2.24, 2.45) is 0 Å². The zero-order valence-electron chi connectivity index (χ0n) is 10.8. The molecular weight excluding hydrogens is 250 g/mol. The van der Waals surface area contributed by atoms with E-state index in [4.69, 9.17) is 0 Å². The number of hydrogen-bond donors (Lipinski definition) is 1. The summed E-state index contributed by atoms with van der Waals surface area (Å²) in [4.78, 5) is 23.7. The first-order valence-corrected chi connectivity index (χ1v) is 6.38. The van der Waals surface area contributed by atoms with Crippen LogP contribution in [0.15, 0.2) is 49.0 Å². The summed E-state index contributed by atoms with van der Waals surface area (Å²) in [5, 5.41) is 2.35. The van der Waals surface area contributed by atoms with Gasteiger partial charge in [0.1, 0.15) is 0 Å². The molecule has 0 saturated carbocycles. The Morgan fingerprint density at radius 1 is 1.00 bits per heavy atom. The SMILES string of the molecule is C=Cc1ccc2c(c1Cc1ccccc1)C(=O)NC2=O. The van der Waals surface area contributed by atoms with E-state index in [2.05, 4.69) is 11.9 Å². The number of rotatable bonds is 3. The molecule has 0 atom stereocenters. The molecule has 1 aliphatic rings. The Labute approximate surface area is 116 Å². The maximum atomic E-state index is 12.0. The van der Waals surface area contributed by atoms with E-state index in [0.29, 0.717) is 17.5 Å². The monoisotopic (exact) mass is 263 g/mol. The highest BCUT2D eigenvalue weighted by Crippen LogP contribution is 2.26. The van der Waals surface area contributed by atoms with Gasteiger partial charge in [0.05, 0.1) is 11.1 Å². The Morgan fingerprint density at radius 2 is 1.75 bits per heavy atom. The third kappa shape index (κ3) is 1.93. The molecule has 1 aliphatic heterocycles. The molecule has 0 unspecified atom stereocenters. The molecule has 3 heteroatoms. The van der Waals surface area contributed by atoms with Crippen molar-refractivity contribution in [2.75, 3.05) is 0 Å². The zero-order chi connectivity index (χ0) is 14.1. The maximum absolute atomic E-state index is 12.0. The fraction of sp³-hybridized carbons (Fsp3) is 0.0588. The summed E-state index contributed by atoms with van der Waals surface area (Å²) >= 11 is 0. The number of amides is 2. The average molecular weight is 263 g/mol. The van der Waals surface area contributed by atoms with E-state index in [0.717, 1.165) is 16.7 Å². The molecule has 2 amide bonds. The second-order valence-electron chi connectivity index (χ2n) is 4.71. The number of nitrogens with one attached hydrogen (secondary N) is 1. The van der Waals surface area contributed by atoms with Crippen LogP contribution in [0.3, 0.4) is 0 Å². The van der Waals surface area contributed by atoms with Crippen molar-refractivity contribution < 1.29 is 9.59 Å².